The molecule has 1 unspecified atom stereocenters. The maximum absolute atomic E-state index is 10.3. The summed E-state index contributed by atoms with van der Waals surface area (Å²) in [5.74, 6) is 0. The van der Waals surface area contributed by atoms with Crippen LogP contribution in [0.2, 0.25) is 0 Å². The number of unbranched alkanes of at least 4 members (excludes halogenated alkanes) is 9. The van der Waals surface area contributed by atoms with E-state index in [4.69, 9.17) is 5.11 Å². The molecule has 0 amide bonds. The first-order chi connectivity index (χ1) is 7.81. The highest BCUT2D eigenvalue weighted by atomic mass is 16.3. The van der Waals surface area contributed by atoms with Gasteiger partial charge in [-0.3, -0.25) is 0 Å². The van der Waals surface area contributed by atoms with Crippen molar-refractivity contribution in [2.75, 3.05) is 6.61 Å². The normalized spacial score (nSPS) is 12.9. The van der Waals surface area contributed by atoms with E-state index in [2.05, 4.69) is 6.92 Å². The Hall–Kier alpha value is -0.0800. The Morgan fingerprint density at radius 1 is 0.812 bits per heavy atom. The zero-order valence-corrected chi connectivity index (χ0v) is 10.9. The number of rotatable bonds is 12. The molecule has 2 heteroatoms. The van der Waals surface area contributed by atoms with E-state index in [0.29, 0.717) is 6.42 Å². The lowest BCUT2D eigenvalue weighted by Crippen LogP contribution is -2.09. The molecule has 97 valence electrons. The second-order valence-corrected chi connectivity index (χ2v) is 4.79. The van der Waals surface area contributed by atoms with Crippen molar-refractivity contribution in [2.24, 2.45) is 0 Å². The zero-order valence-electron chi connectivity index (χ0n) is 10.9. The van der Waals surface area contributed by atoms with E-state index in [0.717, 1.165) is 6.42 Å². The largest absolute Gasteiger partial charge is 0.391 e. The smallest absolute Gasteiger partial charge is 0.108 e. The molecule has 0 rings (SSSR count). The molecule has 0 aromatic rings. The fourth-order valence-corrected chi connectivity index (χ4v) is 1.95. The first-order valence-electron chi connectivity index (χ1n) is 7.07. The van der Waals surface area contributed by atoms with E-state index < -0.39 is 6.10 Å². The number of hydrogen-bond donors (Lipinski definition) is 1. The summed E-state index contributed by atoms with van der Waals surface area (Å²) in [5.41, 5.74) is 0. The monoisotopic (exact) mass is 229 g/mol. The predicted molar refractivity (Wildman–Crippen MR) is 68.0 cm³/mol. The van der Waals surface area contributed by atoms with Crippen LogP contribution in [0.1, 0.15) is 77.6 Å². The average molecular weight is 229 g/mol. The van der Waals surface area contributed by atoms with E-state index in [9.17, 15) is 5.11 Å². The van der Waals surface area contributed by atoms with Gasteiger partial charge in [0.1, 0.15) is 6.61 Å². The zero-order chi connectivity index (χ0) is 12.1. The lowest BCUT2D eigenvalue weighted by Gasteiger charge is -2.05. The third-order valence-corrected chi connectivity index (χ3v) is 3.08. The van der Waals surface area contributed by atoms with Crippen molar-refractivity contribution in [2.45, 2.75) is 83.7 Å². The highest BCUT2D eigenvalue weighted by Crippen LogP contribution is 2.11. The van der Waals surface area contributed by atoms with Gasteiger partial charge in [0.05, 0.1) is 6.10 Å². The van der Waals surface area contributed by atoms with Crippen LogP contribution in [0.5, 0.6) is 0 Å². The van der Waals surface area contributed by atoms with E-state index in [-0.39, 0.29) is 6.61 Å². The molecule has 0 aliphatic carbocycles. The summed E-state index contributed by atoms with van der Waals surface area (Å²) >= 11 is 0. The maximum Gasteiger partial charge on any atom is 0.108 e. The van der Waals surface area contributed by atoms with Crippen molar-refractivity contribution in [1.82, 2.24) is 0 Å². The molecule has 2 nitrogen and oxygen atoms in total. The van der Waals surface area contributed by atoms with E-state index in [1.54, 1.807) is 0 Å². The highest BCUT2D eigenvalue weighted by Gasteiger charge is 2.01. The molecule has 0 spiro atoms. The molecule has 0 aliphatic rings. The fraction of sp³-hybridized carbons (Fsp3) is 1.00. The molecule has 0 aromatic carbocycles. The summed E-state index contributed by atoms with van der Waals surface area (Å²) in [4.78, 5) is 0. The van der Waals surface area contributed by atoms with Crippen molar-refractivity contribution in [3.63, 3.8) is 0 Å². The molecule has 0 saturated heterocycles. The van der Waals surface area contributed by atoms with Gasteiger partial charge in [0.15, 0.2) is 0 Å². The van der Waals surface area contributed by atoms with Gasteiger partial charge in [0, 0.05) is 0 Å². The molecule has 0 heterocycles. The molecule has 0 fully saturated rings. The lowest BCUT2D eigenvalue weighted by atomic mass is 10.0. The van der Waals surface area contributed by atoms with E-state index in [1.807, 2.05) is 0 Å². The van der Waals surface area contributed by atoms with Crippen LogP contribution in [0.15, 0.2) is 0 Å². The first kappa shape index (κ1) is 15.9. The highest BCUT2D eigenvalue weighted by molar-refractivity contribution is 4.53. The Morgan fingerprint density at radius 2 is 1.25 bits per heavy atom. The van der Waals surface area contributed by atoms with Crippen molar-refractivity contribution in [3.05, 3.63) is 0 Å². The van der Waals surface area contributed by atoms with Crippen molar-refractivity contribution in [1.29, 1.82) is 0 Å². The molecular weight excluding hydrogens is 200 g/mol. The van der Waals surface area contributed by atoms with Crippen molar-refractivity contribution >= 4 is 0 Å². The molecule has 0 aromatic heterocycles. The van der Waals surface area contributed by atoms with Gasteiger partial charge in [-0.25, -0.2) is 5.11 Å². The minimum atomic E-state index is -0.603. The molecule has 1 radical (unpaired) electrons. The molecule has 0 bridgehead atoms. The third-order valence-electron chi connectivity index (χ3n) is 3.08. The Morgan fingerprint density at radius 3 is 1.69 bits per heavy atom. The summed E-state index contributed by atoms with van der Waals surface area (Å²) in [6, 6.07) is 0. The molecule has 1 atom stereocenters. The standard InChI is InChI=1S/C14H29O2/c1-2-3-4-5-6-7-8-9-10-11-12-14(16)13-15/h14,16H,2-13H2,1H3. The van der Waals surface area contributed by atoms with Gasteiger partial charge in [0.2, 0.25) is 0 Å². The molecular formula is C14H29O2. The minimum Gasteiger partial charge on any atom is -0.391 e. The van der Waals surface area contributed by atoms with Crippen molar-refractivity contribution < 1.29 is 10.2 Å². The third kappa shape index (κ3) is 12.0. The van der Waals surface area contributed by atoms with Crippen LogP contribution in [0, 0.1) is 0 Å². The van der Waals surface area contributed by atoms with Gasteiger partial charge in [-0.2, -0.15) is 0 Å². The van der Waals surface area contributed by atoms with Gasteiger partial charge < -0.3 is 5.11 Å². The van der Waals surface area contributed by atoms with Crippen molar-refractivity contribution in [3.8, 4) is 0 Å². The Balaban J connectivity index is 2.93. The number of hydrogen-bond acceptors (Lipinski definition) is 1. The molecule has 0 aliphatic heterocycles. The lowest BCUT2D eigenvalue weighted by molar-refractivity contribution is 0.0485. The quantitative estimate of drug-likeness (QED) is 0.503. The summed E-state index contributed by atoms with van der Waals surface area (Å²) in [6.07, 6.45) is 13.1. The maximum atomic E-state index is 10.3. The predicted octanol–water partition coefficient (Wildman–Crippen LogP) is 4.09. The van der Waals surface area contributed by atoms with Gasteiger partial charge in [-0.15, -0.1) is 0 Å². The first-order valence-corrected chi connectivity index (χ1v) is 7.07. The topological polar surface area (TPSA) is 40.1 Å². The molecule has 1 N–H and O–H groups in total. The summed E-state index contributed by atoms with van der Waals surface area (Å²) in [5, 5.41) is 19.3. The second kappa shape index (κ2) is 13.0. The van der Waals surface area contributed by atoms with Gasteiger partial charge >= 0.3 is 0 Å². The van der Waals surface area contributed by atoms with Crippen LogP contribution < -0.4 is 0 Å². The SMILES string of the molecule is CCCCCCCCCCCCC(O)C[O]. The molecule has 16 heavy (non-hydrogen) atoms. The van der Waals surface area contributed by atoms with Gasteiger partial charge in [-0.05, 0) is 6.42 Å². The summed E-state index contributed by atoms with van der Waals surface area (Å²) < 4.78 is 0. The van der Waals surface area contributed by atoms with Crippen LogP contribution in [0.3, 0.4) is 0 Å². The molecule has 0 saturated carbocycles. The summed E-state index contributed by atoms with van der Waals surface area (Å²) in [7, 11) is 0. The second-order valence-electron chi connectivity index (χ2n) is 4.79. The number of aliphatic hydroxyl groups is 1. The van der Waals surface area contributed by atoms with Crippen LogP contribution in [0.25, 0.3) is 0 Å². The van der Waals surface area contributed by atoms with Crippen LogP contribution in [-0.2, 0) is 5.11 Å². The average Bonchev–Trinajstić information content (AvgIpc) is 2.31. The number of aliphatic hydroxyl groups excluding tert-OH is 1. The Bertz CT molecular complexity index is 126. The minimum absolute atomic E-state index is 0.336. The van der Waals surface area contributed by atoms with Gasteiger partial charge in [-0.1, -0.05) is 71.1 Å². The van der Waals surface area contributed by atoms with E-state index >= 15 is 0 Å². The van der Waals surface area contributed by atoms with E-state index in [1.165, 1.54) is 57.8 Å². The van der Waals surface area contributed by atoms with Crippen LogP contribution in [0.4, 0.5) is 0 Å². The summed E-state index contributed by atoms with van der Waals surface area (Å²) in [6.45, 7) is 1.91. The van der Waals surface area contributed by atoms with Gasteiger partial charge in [0.25, 0.3) is 0 Å². The fourth-order valence-electron chi connectivity index (χ4n) is 1.95. The Kier molecular flexibility index (Phi) is 12.9. The Labute approximate surface area is 101 Å². The van der Waals surface area contributed by atoms with Crippen LogP contribution in [-0.4, -0.2) is 17.8 Å². The van der Waals surface area contributed by atoms with Crippen LogP contribution >= 0.6 is 0 Å².